The van der Waals surface area contributed by atoms with Gasteiger partial charge in [0, 0.05) is 12.0 Å². The molecule has 2 nitrogen and oxygen atoms in total. The van der Waals surface area contributed by atoms with Crippen molar-refractivity contribution in [1.29, 1.82) is 0 Å². The molecule has 0 saturated heterocycles. The predicted octanol–water partition coefficient (Wildman–Crippen LogP) is 3.10. The van der Waals surface area contributed by atoms with E-state index >= 15 is 0 Å². The quantitative estimate of drug-likeness (QED) is 0.759. The molecule has 1 saturated carbocycles. The highest BCUT2D eigenvalue weighted by Gasteiger charge is 2.46. The maximum Gasteiger partial charge on any atom is 0.161 e. The normalized spacial score (nSPS) is 38.6. The average Bonchev–Trinajstić information content (AvgIpc) is 2.19. The van der Waals surface area contributed by atoms with Crippen LogP contribution in [0, 0.1) is 17.3 Å². The summed E-state index contributed by atoms with van der Waals surface area (Å²) in [6, 6.07) is 0. The van der Waals surface area contributed by atoms with E-state index in [0.717, 1.165) is 6.42 Å². The van der Waals surface area contributed by atoms with Crippen LogP contribution in [0.25, 0.3) is 0 Å². The first-order valence-corrected chi connectivity index (χ1v) is 6.74. The third kappa shape index (κ3) is 2.08. The molecule has 0 aromatic carbocycles. The molecule has 0 aromatic heterocycles. The number of aliphatic hydroxyl groups is 1. The van der Waals surface area contributed by atoms with Crippen molar-refractivity contribution in [3.63, 3.8) is 0 Å². The third-order valence-electron chi connectivity index (χ3n) is 4.98. The molecule has 2 heteroatoms. The molecule has 0 heterocycles. The number of carbonyl (C=O) groups excluding carboxylic acids is 1. The summed E-state index contributed by atoms with van der Waals surface area (Å²) in [5.41, 5.74) is -0.269. The zero-order valence-electron chi connectivity index (χ0n) is 11.4. The summed E-state index contributed by atoms with van der Waals surface area (Å²) >= 11 is 0. The SMILES string of the molecule is CC1CCCC2CC(=O)C(C(C)(C)O)=CC12C. The van der Waals surface area contributed by atoms with Crippen LogP contribution in [0.3, 0.4) is 0 Å². The predicted molar refractivity (Wildman–Crippen MR) is 68.6 cm³/mol. The Morgan fingerprint density at radius 1 is 1.41 bits per heavy atom. The highest BCUT2D eigenvalue weighted by molar-refractivity contribution is 5.98. The van der Waals surface area contributed by atoms with Gasteiger partial charge in [-0.3, -0.25) is 4.79 Å². The van der Waals surface area contributed by atoms with Gasteiger partial charge in [0.1, 0.15) is 0 Å². The van der Waals surface area contributed by atoms with Gasteiger partial charge in [0.05, 0.1) is 5.60 Å². The van der Waals surface area contributed by atoms with Gasteiger partial charge in [0.15, 0.2) is 5.78 Å². The van der Waals surface area contributed by atoms with E-state index in [1.54, 1.807) is 13.8 Å². The Morgan fingerprint density at radius 2 is 2.06 bits per heavy atom. The van der Waals surface area contributed by atoms with Gasteiger partial charge in [-0.05, 0) is 43.9 Å². The number of fused-ring (bicyclic) bond motifs is 1. The third-order valence-corrected chi connectivity index (χ3v) is 4.98. The van der Waals surface area contributed by atoms with Crippen LogP contribution in [0.5, 0.6) is 0 Å². The van der Waals surface area contributed by atoms with Gasteiger partial charge in [0.2, 0.25) is 0 Å². The van der Waals surface area contributed by atoms with E-state index in [1.165, 1.54) is 12.8 Å². The maximum atomic E-state index is 12.1. The number of hydrogen-bond acceptors (Lipinski definition) is 2. The molecule has 0 spiro atoms. The standard InChI is InChI=1S/C15H24O2/c1-10-6-5-7-11-8-13(16)12(14(2,3)17)9-15(10,11)4/h9-11,17H,5-8H2,1-4H3. The van der Waals surface area contributed by atoms with Crippen molar-refractivity contribution in [3.05, 3.63) is 11.6 Å². The van der Waals surface area contributed by atoms with E-state index in [1.807, 2.05) is 0 Å². The average molecular weight is 236 g/mol. The number of allylic oxidation sites excluding steroid dienone is 1. The Morgan fingerprint density at radius 3 is 2.65 bits per heavy atom. The Balaban J connectivity index is 2.43. The number of hydrogen-bond donors (Lipinski definition) is 1. The highest BCUT2D eigenvalue weighted by atomic mass is 16.3. The fourth-order valence-electron chi connectivity index (χ4n) is 3.52. The Kier molecular flexibility index (Phi) is 2.97. The molecular formula is C15H24O2. The lowest BCUT2D eigenvalue weighted by molar-refractivity contribution is -0.121. The van der Waals surface area contributed by atoms with Crippen molar-refractivity contribution in [1.82, 2.24) is 0 Å². The molecule has 0 bridgehead atoms. The van der Waals surface area contributed by atoms with Crippen LogP contribution in [0.15, 0.2) is 11.6 Å². The lowest BCUT2D eigenvalue weighted by Gasteiger charge is -2.48. The van der Waals surface area contributed by atoms with Gasteiger partial charge in [-0.1, -0.05) is 26.3 Å². The molecule has 2 rings (SSSR count). The molecule has 1 N–H and O–H groups in total. The minimum absolute atomic E-state index is 0.0987. The Bertz CT molecular complexity index is 362. The van der Waals surface area contributed by atoms with Crippen LogP contribution in [0.4, 0.5) is 0 Å². The molecule has 0 amide bonds. The largest absolute Gasteiger partial charge is 0.386 e. The summed E-state index contributed by atoms with van der Waals surface area (Å²) in [4.78, 5) is 12.1. The minimum Gasteiger partial charge on any atom is -0.386 e. The summed E-state index contributed by atoms with van der Waals surface area (Å²) in [6.45, 7) is 7.97. The first-order chi connectivity index (χ1) is 7.75. The summed E-state index contributed by atoms with van der Waals surface area (Å²) in [6.07, 6.45) is 6.34. The van der Waals surface area contributed by atoms with Crippen molar-refractivity contribution >= 4 is 5.78 Å². The molecule has 96 valence electrons. The lowest BCUT2D eigenvalue weighted by atomic mass is 9.56. The first-order valence-electron chi connectivity index (χ1n) is 6.74. The van der Waals surface area contributed by atoms with Crippen LogP contribution in [-0.4, -0.2) is 16.5 Å². The minimum atomic E-state index is -0.998. The van der Waals surface area contributed by atoms with Crippen molar-refractivity contribution in [2.45, 2.75) is 59.0 Å². The van der Waals surface area contributed by atoms with E-state index < -0.39 is 5.60 Å². The highest BCUT2D eigenvalue weighted by Crippen LogP contribution is 2.51. The van der Waals surface area contributed by atoms with Gasteiger partial charge < -0.3 is 5.11 Å². The summed E-state index contributed by atoms with van der Waals surface area (Å²) < 4.78 is 0. The second-order valence-corrected chi connectivity index (χ2v) is 6.64. The van der Waals surface area contributed by atoms with Gasteiger partial charge >= 0.3 is 0 Å². The lowest BCUT2D eigenvalue weighted by Crippen LogP contribution is -2.44. The van der Waals surface area contributed by atoms with Crippen LogP contribution < -0.4 is 0 Å². The van der Waals surface area contributed by atoms with Gasteiger partial charge in [0.25, 0.3) is 0 Å². The number of Topliss-reactive ketones (excluding diaryl/α,β-unsaturated/α-hetero) is 1. The van der Waals surface area contributed by atoms with Crippen LogP contribution in [0.2, 0.25) is 0 Å². The second-order valence-electron chi connectivity index (χ2n) is 6.64. The summed E-state index contributed by atoms with van der Waals surface area (Å²) in [7, 11) is 0. The smallest absolute Gasteiger partial charge is 0.161 e. The zero-order chi connectivity index (χ0) is 12.8. The van der Waals surface area contributed by atoms with Gasteiger partial charge in [-0.15, -0.1) is 0 Å². The van der Waals surface area contributed by atoms with E-state index in [-0.39, 0.29) is 11.2 Å². The maximum absolute atomic E-state index is 12.1. The Hall–Kier alpha value is -0.630. The van der Waals surface area contributed by atoms with Crippen molar-refractivity contribution in [2.75, 3.05) is 0 Å². The topological polar surface area (TPSA) is 37.3 Å². The Labute approximate surface area is 104 Å². The number of rotatable bonds is 1. The molecule has 0 aromatic rings. The van der Waals surface area contributed by atoms with E-state index in [0.29, 0.717) is 23.8 Å². The number of ketones is 1. The second kappa shape index (κ2) is 3.94. The summed E-state index contributed by atoms with van der Waals surface area (Å²) in [5.74, 6) is 1.23. The fourth-order valence-corrected chi connectivity index (χ4v) is 3.52. The zero-order valence-corrected chi connectivity index (χ0v) is 11.4. The van der Waals surface area contributed by atoms with E-state index in [9.17, 15) is 9.90 Å². The molecule has 2 aliphatic carbocycles. The van der Waals surface area contributed by atoms with E-state index in [4.69, 9.17) is 0 Å². The van der Waals surface area contributed by atoms with Crippen molar-refractivity contribution < 1.29 is 9.90 Å². The van der Waals surface area contributed by atoms with E-state index in [2.05, 4.69) is 19.9 Å². The molecular weight excluding hydrogens is 212 g/mol. The number of carbonyl (C=O) groups is 1. The molecule has 3 atom stereocenters. The van der Waals surface area contributed by atoms with Crippen molar-refractivity contribution in [2.24, 2.45) is 17.3 Å². The van der Waals surface area contributed by atoms with Gasteiger partial charge in [-0.25, -0.2) is 0 Å². The van der Waals surface area contributed by atoms with Crippen LogP contribution >= 0.6 is 0 Å². The van der Waals surface area contributed by atoms with Crippen LogP contribution in [0.1, 0.15) is 53.4 Å². The first kappa shape index (κ1) is 12.8. The van der Waals surface area contributed by atoms with Gasteiger partial charge in [-0.2, -0.15) is 0 Å². The molecule has 1 fully saturated rings. The fraction of sp³-hybridized carbons (Fsp3) is 0.800. The molecule has 3 unspecified atom stereocenters. The molecule has 2 aliphatic rings. The van der Waals surface area contributed by atoms with Crippen molar-refractivity contribution in [3.8, 4) is 0 Å². The van der Waals surface area contributed by atoms with Crippen LogP contribution in [-0.2, 0) is 4.79 Å². The summed E-state index contributed by atoms with van der Waals surface area (Å²) in [5, 5.41) is 10.1. The molecule has 0 radical (unpaired) electrons. The molecule has 0 aliphatic heterocycles. The monoisotopic (exact) mass is 236 g/mol. The molecule has 17 heavy (non-hydrogen) atoms.